The van der Waals surface area contributed by atoms with Crippen molar-refractivity contribution >= 4 is 43.2 Å². The van der Waals surface area contributed by atoms with Gasteiger partial charge in [-0.25, -0.2) is 16.8 Å². The summed E-state index contributed by atoms with van der Waals surface area (Å²) in [5.74, 6) is 0. The number of sulfonamides is 2. The molecule has 0 N–H and O–H groups in total. The molecule has 2 aromatic rings. The second-order valence-electron chi connectivity index (χ2n) is 6.15. The smallest absolute Gasteiger partial charge is 0.207 e. The molecule has 0 spiro atoms. The molecule has 6 nitrogen and oxygen atoms in total. The quantitative estimate of drug-likeness (QED) is 0.720. The molecule has 0 radical (unpaired) electrons. The van der Waals surface area contributed by atoms with E-state index in [-0.39, 0.29) is 41.0 Å². The molecular formula is C17H18Cl2N2O4S2. The summed E-state index contributed by atoms with van der Waals surface area (Å²) >= 11 is 12.1. The lowest BCUT2D eigenvalue weighted by molar-refractivity contribution is 0.273. The van der Waals surface area contributed by atoms with Crippen LogP contribution in [0.5, 0.6) is 0 Å². The van der Waals surface area contributed by atoms with Gasteiger partial charge in [0.15, 0.2) is 0 Å². The molecule has 146 valence electrons. The first-order valence-electron chi connectivity index (χ1n) is 8.15. The second-order valence-corrected chi connectivity index (χ2v) is 10.8. The van der Waals surface area contributed by atoms with Crippen molar-refractivity contribution in [3.63, 3.8) is 0 Å². The van der Waals surface area contributed by atoms with Gasteiger partial charge in [0, 0.05) is 31.2 Å². The average molecular weight is 449 g/mol. The van der Waals surface area contributed by atoms with Crippen LogP contribution in [-0.2, 0) is 20.0 Å². The summed E-state index contributed by atoms with van der Waals surface area (Å²) in [6, 6.07) is 10.8. The van der Waals surface area contributed by atoms with E-state index in [0.717, 1.165) is 5.56 Å². The minimum Gasteiger partial charge on any atom is -0.207 e. The molecule has 1 heterocycles. The average Bonchev–Trinajstić information content (AvgIpc) is 2.64. The summed E-state index contributed by atoms with van der Waals surface area (Å²) < 4.78 is 53.7. The van der Waals surface area contributed by atoms with Crippen molar-refractivity contribution in [3.05, 3.63) is 58.1 Å². The highest BCUT2D eigenvalue weighted by Crippen LogP contribution is 2.27. The normalized spacial score (nSPS) is 17.1. The molecule has 0 saturated carbocycles. The molecule has 0 unspecified atom stereocenters. The van der Waals surface area contributed by atoms with Crippen molar-refractivity contribution in [2.75, 3.05) is 26.2 Å². The Morgan fingerprint density at radius 1 is 0.778 bits per heavy atom. The first-order valence-corrected chi connectivity index (χ1v) is 11.8. The van der Waals surface area contributed by atoms with Gasteiger partial charge in [-0.3, -0.25) is 0 Å². The minimum absolute atomic E-state index is 0.0216. The zero-order chi connectivity index (χ0) is 19.8. The number of rotatable bonds is 4. The maximum atomic E-state index is 12.8. The van der Waals surface area contributed by atoms with Crippen molar-refractivity contribution in [2.45, 2.75) is 16.7 Å². The van der Waals surface area contributed by atoms with Crippen molar-refractivity contribution in [1.82, 2.24) is 8.61 Å². The van der Waals surface area contributed by atoms with Gasteiger partial charge < -0.3 is 0 Å². The van der Waals surface area contributed by atoms with Crippen molar-refractivity contribution in [3.8, 4) is 0 Å². The number of hydrogen-bond donors (Lipinski definition) is 0. The van der Waals surface area contributed by atoms with E-state index >= 15 is 0 Å². The van der Waals surface area contributed by atoms with E-state index in [1.165, 1.54) is 32.9 Å². The van der Waals surface area contributed by atoms with E-state index < -0.39 is 20.0 Å². The summed E-state index contributed by atoms with van der Waals surface area (Å²) in [5, 5.41) is 0.512. The maximum Gasteiger partial charge on any atom is 0.244 e. The molecule has 1 aliphatic rings. The summed E-state index contributed by atoms with van der Waals surface area (Å²) in [5.41, 5.74) is 0.784. The highest BCUT2D eigenvalue weighted by molar-refractivity contribution is 7.89. The standard InChI is InChI=1S/C17H18Cl2N2O4S2/c1-13-6-7-14(12-16(13)19)26(22,23)20-8-10-21(11-9-20)27(24,25)17-5-3-2-4-15(17)18/h2-7,12H,8-11H2,1H3. The Hall–Kier alpha value is -1.16. The lowest BCUT2D eigenvalue weighted by Gasteiger charge is -2.33. The molecule has 0 aromatic heterocycles. The third kappa shape index (κ3) is 4.01. The van der Waals surface area contributed by atoms with Crippen LogP contribution in [-0.4, -0.2) is 51.6 Å². The molecule has 1 fully saturated rings. The number of nitrogens with zero attached hydrogens (tertiary/aromatic N) is 2. The van der Waals surface area contributed by atoms with Gasteiger partial charge >= 0.3 is 0 Å². The van der Waals surface area contributed by atoms with Crippen LogP contribution in [0, 0.1) is 6.92 Å². The molecule has 10 heteroatoms. The Morgan fingerprint density at radius 2 is 1.33 bits per heavy atom. The molecule has 1 saturated heterocycles. The number of halogens is 2. The fourth-order valence-electron chi connectivity index (χ4n) is 2.83. The van der Waals surface area contributed by atoms with Gasteiger partial charge in [-0.05, 0) is 36.8 Å². The van der Waals surface area contributed by atoms with E-state index in [9.17, 15) is 16.8 Å². The van der Waals surface area contributed by atoms with Gasteiger partial charge in [0.2, 0.25) is 20.0 Å². The predicted molar refractivity (Wildman–Crippen MR) is 105 cm³/mol. The van der Waals surface area contributed by atoms with Crippen molar-refractivity contribution in [1.29, 1.82) is 0 Å². The Kier molecular flexibility index (Phi) is 5.86. The third-order valence-corrected chi connectivity index (χ3v) is 9.13. The summed E-state index contributed by atoms with van der Waals surface area (Å²) in [4.78, 5) is 0.119. The third-order valence-electron chi connectivity index (χ3n) is 4.43. The van der Waals surface area contributed by atoms with Crippen LogP contribution >= 0.6 is 23.2 Å². The maximum absolute atomic E-state index is 12.8. The van der Waals surface area contributed by atoms with E-state index in [2.05, 4.69) is 0 Å². The Bertz CT molecular complexity index is 1060. The van der Waals surface area contributed by atoms with E-state index in [4.69, 9.17) is 23.2 Å². The van der Waals surface area contributed by atoms with E-state index in [1.54, 1.807) is 25.1 Å². The van der Waals surface area contributed by atoms with Gasteiger partial charge in [-0.1, -0.05) is 41.4 Å². The molecule has 0 atom stereocenters. The number of benzene rings is 2. The predicted octanol–water partition coefficient (Wildman–Crippen LogP) is 3.00. The van der Waals surface area contributed by atoms with E-state index in [1.807, 2.05) is 0 Å². The van der Waals surface area contributed by atoms with Gasteiger partial charge in [-0.15, -0.1) is 0 Å². The minimum atomic E-state index is -3.78. The Labute approximate surface area is 169 Å². The Balaban J connectivity index is 1.79. The molecule has 0 aliphatic carbocycles. The van der Waals surface area contributed by atoms with Gasteiger partial charge in [-0.2, -0.15) is 8.61 Å². The van der Waals surface area contributed by atoms with Gasteiger partial charge in [0.25, 0.3) is 0 Å². The first kappa shape index (κ1) is 20.6. The van der Waals surface area contributed by atoms with Crippen LogP contribution in [0.15, 0.2) is 52.3 Å². The van der Waals surface area contributed by atoms with Crippen LogP contribution in [0.2, 0.25) is 10.0 Å². The number of piperazine rings is 1. The fraction of sp³-hybridized carbons (Fsp3) is 0.294. The van der Waals surface area contributed by atoms with Crippen molar-refractivity contribution in [2.24, 2.45) is 0 Å². The zero-order valence-electron chi connectivity index (χ0n) is 14.5. The largest absolute Gasteiger partial charge is 0.244 e. The van der Waals surface area contributed by atoms with Crippen LogP contribution in [0.3, 0.4) is 0 Å². The molecule has 3 rings (SSSR count). The molecule has 0 amide bonds. The molecule has 27 heavy (non-hydrogen) atoms. The molecular weight excluding hydrogens is 431 g/mol. The number of aryl methyl sites for hydroxylation is 1. The summed E-state index contributed by atoms with van der Waals surface area (Å²) in [7, 11) is -7.52. The fourth-order valence-corrected chi connectivity index (χ4v) is 6.44. The van der Waals surface area contributed by atoms with Gasteiger partial charge in [0.05, 0.1) is 9.92 Å². The van der Waals surface area contributed by atoms with Crippen LogP contribution in [0.1, 0.15) is 5.56 Å². The summed E-state index contributed by atoms with van der Waals surface area (Å²) in [6.45, 7) is 1.99. The molecule has 2 aromatic carbocycles. The second kappa shape index (κ2) is 7.69. The number of hydrogen-bond acceptors (Lipinski definition) is 4. The monoisotopic (exact) mass is 448 g/mol. The first-order chi connectivity index (χ1) is 12.6. The van der Waals surface area contributed by atoms with Crippen LogP contribution < -0.4 is 0 Å². The van der Waals surface area contributed by atoms with Crippen LogP contribution in [0.25, 0.3) is 0 Å². The lowest BCUT2D eigenvalue weighted by atomic mass is 10.2. The van der Waals surface area contributed by atoms with E-state index in [0.29, 0.717) is 5.02 Å². The zero-order valence-corrected chi connectivity index (χ0v) is 17.6. The Morgan fingerprint density at radius 3 is 1.89 bits per heavy atom. The highest BCUT2D eigenvalue weighted by atomic mass is 35.5. The highest BCUT2D eigenvalue weighted by Gasteiger charge is 2.34. The van der Waals surface area contributed by atoms with Gasteiger partial charge in [0.1, 0.15) is 4.90 Å². The topological polar surface area (TPSA) is 74.8 Å². The molecule has 0 bridgehead atoms. The lowest BCUT2D eigenvalue weighted by Crippen LogP contribution is -2.50. The summed E-state index contributed by atoms with van der Waals surface area (Å²) in [6.07, 6.45) is 0. The SMILES string of the molecule is Cc1ccc(S(=O)(=O)N2CCN(S(=O)(=O)c3ccccc3Cl)CC2)cc1Cl. The van der Waals surface area contributed by atoms with Crippen molar-refractivity contribution < 1.29 is 16.8 Å². The molecule has 1 aliphatic heterocycles. The van der Waals surface area contributed by atoms with Crippen LogP contribution in [0.4, 0.5) is 0 Å².